The van der Waals surface area contributed by atoms with Gasteiger partial charge in [-0.1, -0.05) is 43.7 Å². The van der Waals surface area contributed by atoms with E-state index in [1.54, 1.807) is 0 Å². The van der Waals surface area contributed by atoms with Gasteiger partial charge in [0, 0.05) is 12.6 Å². The predicted molar refractivity (Wildman–Crippen MR) is 84.9 cm³/mol. The van der Waals surface area contributed by atoms with Crippen LogP contribution in [0.5, 0.6) is 0 Å². The van der Waals surface area contributed by atoms with Crippen molar-refractivity contribution in [2.24, 2.45) is 5.92 Å². The maximum atomic E-state index is 9.04. The molecule has 0 amide bonds. The summed E-state index contributed by atoms with van der Waals surface area (Å²) in [6.07, 6.45) is 7.27. The molecule has 0 aromatic heterocycles. The number of hydrogen-bond donors (Lipinski definition) is 2. The van der Waals surface area contributed by atoms with E-state index in [4.69, 9.17) is 5.11 Å². The molecule has 20 heavy (non-hydrogen) atoms. The van der Waals surface area contributed by atoms with Crippen molar-refractivity contribution in [3.05, 3.63) is 35.9 Å². The SMILES string of the molecule is CCC(CCO)CNC1CCC(c2ccccc2)CC1. The molecule has 2 heteroatoms. The molecule has 2 nitrogen and oxygen atoms in total. The van der Waals surface area contributed by atoms with E-state index < -0.39 is 0 Å². The van der Waals surface area contributed by atoms with Crippen LogP contribution in [0.3, 0.4) is 0 Å². The van der Waals surface area contributed by atoms with Crippen molar-refractivity contribution in [1.82, 2.24) is 5.32 Å². The van der Waals surface area contributed by atoms with E-state index in [0.29, 0.717) is 18.6 Å². The molecule has 1 atom stereocenters. The third-order valence-corrected chi connectivity index (χ3v) is 4.81. The molecular weight excluding hydrogens is 246 g/mol. The number of rotatable bonds is 7. The number of aliphatic hydroxyl groups excluding tert-OH is 1. The lowest BCUT2D eigenvalue weighted by Gasteiger charge is -2.30. The average Bonchev–Trinajstić information content (AvgIpc) is 2.53. The molecule has 1 unspecified atom stereocenters. The van der Waals surface area contributed by atoms with Crippen molar-refractivity contribution < 1.29 is 5.11 Å². The number of hydrogen-bond acceptors (Lipinski definition) is 2. The van der Waals surface area contributed by atoms with Gasteiger partial charge in [0.05, 0.1) is 0 Å². The highest BCUT2D eigenvalue weighted by Crippen LogP contribution is 2.32. The second kappa shape index (κ2) is 8.43. The zero-order valence-corrected chi connectivity index (χ0v) is 12.7. The first-order valence-electron chi connectivity index (χ1n) is 8.22. The highest BCUT2D eigenvalue weighted by atomic mass is 16.3. The minimum absolute atomic E-state index is 0.320. The molecule has 112 valence electrons. The maximum Gasteiger partial charge on any atom is 0.0434 e. The Bertz CT molecular complexity index is 357. The van der Waals surface area contributed by atoms with E-state index in [-0.39, 0.29) is 0 Å². The summed E-state index contributed by atoms with van der Waals surface area (Å²) in [5.41, 5.74) is 1.51. The molecule has 2 N–H and O–H groups in total. The lowest BCUT2D eigenvalue weighted by Crippen LogP contribution is -2.36. The highest BCUT2D eigenvalue weighted by molar-refractivity contribution is 5.20. The number of benzene rings is 1. The standard InChI is InChI=1S/C18H29NO/c1-2-15(12-13-20)14-19-18-10-8-17(9-11-18)16-6-4-3-5-7-16/h3-7,15,17-20H,2,8-14H2,1H3. The zero-order chi connectivity index (χ0) is 14.2. The van der Waals surface area contributed by atoms with E-state index >= 15 is 0 Å². The average molecular weight is 275 g/mol. The van der Waals surface area contributed by atoms with Crippen molar-refractivity contribution in [1.29, 1.82) is 0 Å². The van der Waals surface area contributed by atoms with Crippen LogP contribution in [0.2, 0.25) is 0 Å². The summed E-state index contributed by atoms with van der Waals surface area (Å²) in [4.78, 5) is 0. The van der Waals surface area contributed by atoms with E-state index in [0.717, 1.165) is 25.3 Å². The van der Waals surface area contributed by atoms with Gasteiger partial charge in [0.1, 0.15) is 0 Å². The molecule has 2 rings (SSSR count). The van der Waals surface area contributed by atoms with Crippen LogP contribution in [0.25, 0.3) is 0 Å². The number of aliphatic hydroxyl groups is 1. The van der Waals surface area contributed by atoms with Crippen LogP contribution >= 0.6 is 0 Å². The molecule has 1 aromatic carbocycles. The molecule has 0 radical (unpaired) electrons. The first kappa shape index (κ1) is 15.5. The Morgan fingerprint density at radius 3 is 2.45 bits per heavy atom. The van der Waals surface area contributed by atoms with Crippen molar-refractivity contribution in [2.45, 2.75) is 57.4 Å². The van der Waals surface area contributed by atoms with Crippen molar-refractivity contribution in [2.75, 3.05) is 13.2 Å². The Labute approximate surface area is 123 Å². The second-order valence-corrected chi connectivity index (χ2v) is 6.15. The van der Waals surface area contributed by atoms with E-state index in [9.17, 15) is 0 Å². The smallest absolute Gasteiger partial charge is 0.0434 e. The third-order valence-electron chi connectivity index (χ3n) is 4.81. The lowest BCUT2D eigenvalue weighted by atomic mass is 9.81. The normalized spacial score (nSPS) is 24.5. The molecule has 0 spiro atoms. The largest absolute Gasteiger partial charge is 0.396 e. The van der Waals surface area contributed by atoms with E-state index in [2.05, 4.69) is 42.6 Å². The van der Waals surface area contributed by atoms with Gasteiger partial charge in [-0.15, -0.1) is 0 Å². The van der Waals surface area contributed by atoms with Gasteiger partial charge in [0.25, 0.3) is 0 Å². The minimum Gasteiger partial charge on any atom is -0.396 e. The summed E-state index contributed by atoms with van der Waals surface area (Å²) in [6, 6.07) is 11.6. The van der Waals surface area contributed by atoms with Gasteiger partial charge in [-0.3, -0.25) is 0 Å². The molecular formula is C18H29NO. The van der Waals surface area contributed by atoms with Crippen molar-refractivity contribution in [3.8, 4) is 0 Å². The molecule has 1 aromatic rings. The summed E-state index contributed by atoms with van der Waals surface area (Å²) >= 11 is 0. The first-order valence-corrected chi connectivity index (χ1v) is 8.22. The monoisotopic (exact) mass is 275 g/mol. The van der Waals surface area contributed by atoms with Gasteiger partial charge in [0.2, 0.25) is 0 Å². The summed E-state index contributed by atoms with van der Waals surface area (Å²) in [6.45, 7) is 3.60. The van der Waals surface area contributed by atoms with Gasteiger partial charge in [0.15, 0.2) is 0 Å². The Hall–Kier alpha value is -0.860. The lowest BCUT2D eigenvalue weighted by molar-refractivity contribution is 0.242. The Morgan fingerprint density at radius 2 is 1.85 bits per heavy atom. The summed E-state index contributed by atoms with van der Waals surface area (Å²) in [5, 5.41) is 12.8. The van der Waals surface area contributed by atoms with Gasteiger partial charge < -0.3 is 10.4 Å². The zero-order valence-electron chi connectivity index (χ0n) is 12.7. The molecule has 0 bridgehead atoms. The first-order chi connectivity index (χ1) is 9.83. The van der Waals surface area contributed by atoms with Crippen LogP contribution in [0, 0.1) is 5.92 Å². The summed E-state index contributed by atoms with van der Waals surface area (Å²) in [7, 11) is 0. The van der Waals surface area contributed by atoms with Gasteiger partial charge in [-0.2, -0.15) is 0 Å². The molecule has 1 aliphatic carbocycles. The van der Waals surface area contributed by atoms with Crippen LogP contribution in [-0.4, -0.2) is 24.3 Å². The highest BCUT2D eigenvalue weighted by Gasteiger charge is 2.22. The van der Waals surface area contributed by atoms with Gasteiger partial charge in [-0.05, 0) is 56.0 Å². The summed E-state index contributed by atoms with van der Waals surface area (Å²) < 4.78 is 0. The second-order valence-electron chi connectivity index (χ2n) is 6.15. The molecule has 0 aliphatic heterocycles. The molecule has 0 saturated heterocycles. The van der Waals surface area contributed by atoms with Crippen LogP contribution in [0.15, 0.2) is 30.3 Å². The maximum absolute atomic E-state index is 9.04. The van der Waals surface area contributed by atoms with Crippen LogP contribution in [0.4, 0.5) is 0 Å². The van der Waals surface area contributed by atoms with E-state index in [1.807, 2.05) is 0 Å². The van der Waals surface area contributed by atoms with Crippen molar-refractivity contribution in [3.63, 3.8) is 0 Å². The van der Waals surface area contributed by atoms with Crippen LogP contribution in [0.1, 0.15) is 56.9 Å². The fourth-order valence-electron chi connectivity index (χ4n) is 3.32. The van der Waals surface area contributed by atoms with E-state index in [1.165, 1.54) is 31.2 Å². The fourth-order valence-corrected chi connectivity index (χ4v) is 3.32. The predicted octanol–water partition coefficient (Wildman–Crippen LogP) is 3.71. The molecule has 1 fully saturated rings. The van der Waals surface area contributed by atoms with Gasteiger partial charge >= 0.3 is 0 Å². The Kier molecular flexibility index (Phi) is 6.55. The van der Waals surface area contributed by atoms with Gasteiger partial charge in [-0.25, -0.2) is 0 Å². The van der Waals surface area contributed by atoms with Crippen LogP contribution < -0.4 is 5.32 Å². The quantitative estimate of drug-likeness (QED) is 0.795. The molecule has 1 saturated carbocycles. The fraction of sp³-hybridized carbons (Fsp3) is 0.667. The topological polar surface area (TPSA) is 32.3 Å². The number of nitrogens with one attached hydrogen (secondary N) is 1. The third kappa shape index (κ3) is 4.60. The molecule has 1 aliphatic rings. The Balaban J connectivity index is 1.72. The Morgan fingerprint density at radius 1 is 1.15 bits per heavy atom. The molecule has 0 heterocycles. The summed E-state index contributed by atoms with van der Waals surface area (Å²) in [5.74, 6) is 1.39. The van der Waals surface area contributed by atoms with Crippen molar-refractivity contribution >= 4 is 0 Å². The van der Waals surface area contributed by atoms with Crippen LogP contribution in [-0.2, 0) is 0 Å². The minimum atomic E-state index is 0.320.